The Morgan fingerprint density at radius 2 is 1.92 bits per heavy atom. The van der Waals surface area contributed by atoms with Crippen LogP contribution in [0, 0.1) is 0 Å². The van der Waals surface area contributed by atoms with Crippen molar-refractivity contribution < 1.29 is 9.47 Å². The van der Waals surface area contributed by atoms with Crippen LogP contribution in [-0.2, 0) is 24.3 Å². The van der Waals surface area contributed by atoms with Crippen molar-refractivity contribution in [2.24, 2.45) is 0 Å². The number of ether oxygens (including phenoxy) is 2. The fourth-order valence-corrected chi connectivity index (χ4v) is 7.34. The van der Waals surface area contributed by atoms with Gasteiger partial charge in [-0.25, -0.2) is 9.97 Å². The number of nitrogens with one attached hydrogen (secondary N) is 1. The first kappa shape index (κ1) is 26.9. The van der Waals surface area contributed by atoms with Gasteiger partial charge in [-0.15, -0.1) is 11.3 Å². The molecule has 0 bridgehead atoms. The number of anilines is 1. The van der Waals surface area contributed by atoms with Crippen LogP contribution < -0.4 is 10.1 Å². The van der Waals surface area contributed by atoms with E-state index < -0.39 is 0 Å². The Balaban J connectivity index is 0.995. The lowest BCUT2D eigenvalue weighted by atomic mass is 9.94. The first-order chi connectivity index (χ1) is 19.0. The monoisotopic (exact) mass is 549 g/mol. The highest BCUT2D eigenvalue weighted by molar-refractivity contribution is 7.18. The van der Waals surface area contributed by atoms with Crippen LogP contribution in [0.15, 0.2) is 30.6 Å². The van der Waals surface area contributed by atoms with Gasteiger partial charge < -0.3 is 19.7 Å². The Morgan fingerprint density at radius 1 is 1.08 bits per heavy atom. The van der Waals surface area contributed by atoms with Crippen molar-refractivity contribution in [2.75, 3.05) is 44.6 Å². The predicted molar refractivity (Wildman–Crippen MR) is 159 cm³/mol. The van der Waals surface area contributed by atoms with Gasteiger partial charge in [0.15, 0.2) is 0 Å². The van der Waals surface area contributed by atoms with E-state index in [1.54, 1.807) is 17.7 Å². The van der Waals surface area contributed by atoms with Gasteiger partial charge in [0, 0.05) is 43.5 Å². The van der Waals surface area contributed by atoms with E-state index in [1.165, 1.54) is 53.7 Å². The van der Waals surface area contributed by atoms with Gasteiger partial charge in [0.2, 0.25) is 0 Å². The lowest BCUT2D eigenvalue weighted by Crippen LogP contribution is -2.38. The molecule has 0 radical (unpaired) electrons. The maximum atomic E-state index is 6.12. The summed E-state index contributed by atoms with van der Waals surface area (Å²) in [5.74, 6) is 2.00. The second-order valence-corrected chi connectivity index (χ2v) is 13.2. The van der Waals surface area contributed by atoms with Gasteiger partial charge in [-0.2, -0.15) is 0 Å². The fraction of sp³-hybridized carbons (Fsp3) is 0.613. The summed E-state index contributed by atoms with van der Waals surface area (Å²) >= 11 is 1.76. The number of rotatable bonds is 9. The minimum Gasteiger partial charge on any atom is -0.494 e. The molecule has 3 aliphatic heterocycles. The van der Waals surface area contributed by atoms with E-state index in [-0.39, 0.29) is 5.60 Å². The fourth-order valence-electron chi connectivity index (χ4n) is 6.27. The molecule has 2 aromatic heterocycles. The average Bonchev–Trinajstić information content (AvgIpc) is 3.31. The number of aromatic nitrogens is 2. The molecule has 1 aromatic carbocycles. The summed E-state index contributed by atoms with van der Waals surface area (Å²) in [5.41, 5.74) is 2.57. The Bertz CT molecular complexity index is 1250. The summed E-state index contributed by atoms with van der Waals surface area (Å²) in [6.45, 7) is 12.6. The van der Waals surface area contributed by atoms with Gasteiger partial charge in [0.25, 0.3) is 0 Å². The van der Waals surface area contributed by atoms with E-state index in [4.69, 9.17) is 14.5 Å². The standard InChI is InChI=1S/C31H43N5O2S/c1-31(2)19-26-27(21-38-31)39-30-28(26)29(32-22-33-30)34-24-10-15-36(16-11-24)20-23-8-6-9-25(18-23)37-17-7-14-35-12-4-3-5-13-35/h6,8-9,18,22,24H,3-5,7,10-17,19-21H2,1-2H3,(H,32,33,34). The SMILES string of the molecule is CC1(C)Cc2c(sc3ncnc(NC4CCN(Cc5cccc(OCCCN6CCCCC6)c5)CC4)c23)CO1. The van der Waals surface area contributed by atoms with E-state index >= 15 is 0 Å². The molecule has 8 heteroatoms. The minimum absolute atomic E-state index is 0.144. The third-order valence-electron chi connectivity index (χ3n) is 8.44. The van der Waals surface area contributed by atoms with Gasteiger partial charge in [-0.05, 0) is 82.3 Å². The molecule has 210 valence electrons. The molecule has 3 aliphatic rings. The molecule has 2 fully saturated rings. The number of benzene rings is 1. The molecule has 0 amide bonds. The normalized spacial score (nSPS) is 20.7. The largest absolute Gasteiger partial charge is 0.494 e. The Morgan fingerprint density at radius 3 is 2.77 bits per heavy atom. The maximum Gasteiger partial charge on any atom is 0.138 e. The molecule has 1 N–H and O–H groups in total. The van der Waals surface area contributed by atoms with Crippen molar-refractivity contribution in [1.82, 2.24) is 19.8 Å². The van der Waals surface area contributed by atoms with Gasteiger partial charge >= 0.3 is 0 Å². The molecule has 39 heavy (non-hydrogen) atoms. The van der Waals surface area contributed by atoms with Crippen molar-refractivity contribution in [3.63, 3.8) is 0 Å². The minimum atomic E-state index is -0.144. The number of hydrogen-bond acceptors (Lipinski definition) is 8. The molecule has 2 saturated heterocycles. The smallest absolute Gasteiger partial charge is 0.138 e. The zero-order valence-corrected chi connectivity index (χ0v) is 24.4. The Labute approximate surface area is 236 Å². The third-order valence-corrected chi connectivity index (χ3v) is 9.55. The molecular formula is C31H43N5O2S. The highest BCUT2D eigenvalue weighted by Crippen LogP contribution is 2.40. The summed E-state index contributed by atoms with van der Waals surface area (Å²) in [4.78, 5) is 16.8. The molecule has 6 rings (SSSR count). The molecule has 0 saturated carbocycles. The Hall–Kier alpha value is -2.26. The zero-order chi connectivity index (χ0) is 26.7. The lowest BCUT2D eigenvalue weighted by Gasteiger charge is -2.33. The first-order valence-electron chi connectivity index (χ1n) is 14.8. The summed E-state index contributed by atoms with van der Waals surface area (Å²) in [7, 11) is 0. The molecule has 0 spiro atoms. The van der Waals surface area contributed by atoms with Crippen LogP contribution in [0.25, 0.3) is 10.2 Å². The zero-order valence-electron chi connectivity index (χ0n) is 23.6. The van der Waals surface area contributed by atoms with Crippen LogP contribution in [-0.4, -0.2) is 70.7 Å². The quantitative estimate of drug-likeness (QED) is 0.335. The van der Waals surface area contributed by atoms with E-state index in [0.29, 0.717) is 12.6 Å². The number of piperidine rings is 2. The van der Waals surface area contributed by atoms with E-state index in [1.807, 2.05) is 0 Å². The summed E-state index contributed by atoms with van der Waals surface area (Å²) < 4.78 is 12.2. The highest BCUT2D eigenvalue weighted by Gasteiger charge is 2.31. The summed E-state index contributed by atoms with van der Waals surface area (Å²) in [6.07, 6.45) is 10.0. The van der Waals surface area contributed by atoms with Crippen molar-refractivity contribution in [1.29, 1.82) is 0 Å². The summed E-state index contributed by atoms with van der Waals surface area (Å²) in [6, 6.07) is 9.12. The molecule has 5 heterocycles. The number of fused-ring (bicyclic) bond motifs is 3. The number of likely N-dealkylation sites (tertiary alicyclic amines) is 2. The molecule has 0 atom stereocenters. The first-order valence-corrected chi connectivity index (χ1v) is 15.7. The van der Waals surface area contributed by atoms with Crippen molar-refractivity contribution in [2.45, 2.75) is 83.6 Å². The second kappa shape index (κ2) is 12.1. The average molecular weight is 550 g/mol. The lowest BCUT2D eigenvalue weighted by molar-refractivity contribution is -0.0379. The molecule has 3 aromatic rings. The van der Waals surface area contributed by atoms with Crippen LogP contribution in [0.4, 0.5) is 5.82 Å². The van der Waals surface area contributed by atoms with E-state index in [9.17, 15) is 0 Å². The van der Waals surface area contributed by atoms with Gasteiger partial charge in [-0.3, -0.25) is 4.90 Å². The van der Waals surface area contributed by atoms with E-state index in [2.05, 4.69) is 58.2 Å². The van der Waals surface area contributed by atoms with E-state index in [0.717, 1.165) is 74.9 Å². The maximum absolute atomic E-state index is 6.12. The molecule has 0 unspecified atom stereocenters. The topological polar surface area (TPSA) is 62.8 Å². The van der Waals surface area contributed by atoms with Gasteiger partial charge in [-0.1, -0.05) is 18.6 Å². The van der Waals surface area contributed by atoms with Crippen molar-refractivity contribution in [3.8, 4) is 5.75 Å². The van der Waals surface area contributed by atoms with Crippen LogP contribution in [0.2, 0.25) is 0 Å². The summed E-state index contributed by atoms with van der Waals surface area (Å²) in [5, 5.41) is 5.01. The van der Waals surface area contributed by atoms with Crippen LogP contribution in [0.1, 0.15) is 68.4 Å². The third kappa shape index (κ3) is 6.73. The molecule has 7 nitrogen and oxygen atoms in total. The predicted octanol–water partition coefficient (Wildman–Crippen LogP) is 5.87. The molecule has 0 aliphatic carbocycles. The number of hydrogen-bond donors (Lipinski definition) is 1. The highest BCUT2D eigenvalue weighted by atomic mass is 32.1. The van der Waals surface area contributed by atoms with Crippen LogP contribution >= 0.6 is 11.3 Å². The Kier molecular flexibility index (Phi) is 8.35. The number of thiophene rings is 1. The van der Waals surface area contributed by atoms with Gasteiger partial charge in [0.1, 0.15) is 22.7 Å². The van der Waals surface area contributed by atoms with Crippen LogP contribution in [0.5, 0.6) is 5.75 Å². The molecular weight excluding hydrogens is 506 g/mol. The van der Waals surface area contributed by atoms with Gasteiger partial charge in [0.05, 0.1) is 24.2 Å². The number of nitrogens with zero attached hydrogens (tertiary/aromatic N) is 4. The van der Waals surface area contributed by atoms with Crippen molar-refractivity contribution >= 4 is 27.4 Å². The van der Waals surface area contributed by atoms with Crippen molar-refractivity contribution in [3.05, 3.63) is 46.6 Å². The second-order valence-electron chi connectivity index (χ2n) is 12.1. The van der Waals surface area contributed by atoms with Crippen LogP contribution in [0.3, 0.4) is 0 Å².